The summed E-state index contributed by atoms with van der Waals surface area (Å²) in [6.07, 6.45) is 3.56. The van der Waals surface area contributed by atoms with Gasteiger partial charge in [0.1, 0.15) is 5.82 Å². The lowest BCUT2D eigenvalue weighted by Gasteiger charge is -2.01. The number of hydrogen-bond acceptors (Lipinski definition) is 2. The zero-order valence-electron chi connectivity index (χ0n) is 9.26. The maximum absolute atomic E-state index is 5.96. The summed E-state index contributed by atoms with van der Waals surface area (Å²) in [5.41, 5.74) is 2.97. The van der Waals surface area contributed by atoms with Gasteiger partial charge in [-0.1, -0.05) is 11.6 Å². The van der Waals surface area contributed by atoms with Gasteiger partial charge in [-0.05, 0) is 30.3 Å². The molecule has 0 aliphatic heterocycles. The van der Waals surface area contributed by atoms with Crippen molar-refractivity contribution in [1.29, 1.82) is 0 Å². The molecule has 0 radical (unpaired) electrons. The van der Waals surface area contributed by atoms with Crippen molar-refractivity contribution in [1.82, 2.24) is 14.5 Å². The maximum atomic E-state index is 5.96. The van der Waals surface area contributed by atoms with E-state index in [1.54, 1.807) is 6.20 Å². The Hall–Kier alpha value is -1.87. The minimum Gasteiger partial charge on any atom is -0.327 e. The van der Waals surface area contributed by atoms with E-state index in [4.69, 9.17) is 11.6 Å². The molecule has 0 atom stereocenters. The van der Waals surface area contributed by atoms with E-state index in [-0.39, 0.29) is 0 Å². The molecule has 0 saturated carbocycles. The lowest BCUT2D eigenvalue weighted by molar-refractivity contribution is 0.957. The Kier molecular flexibility index (Phi) is 2.34. The molecule has 84 valence electrons. The highest BCUT2D eigenvalue weighted by Gasteiger charge is 2.09. The Balaban J connectivity index is 2.28. The van der Waals surface area contributed by atoms with Gasteiger partial charge in [0.05, 0.1) is 11.0 Å². The minimum absolute atomic E-state index is 0.702. The zero-order chi connectivity index (χ0) is 11.8. The number of hydrogen-bond donors (Lipinski definition) is 0. The number of aryl methyl sites for hydroxylation is 1. The molecule has 0 saturated heterocycles. The molecule has 3 nitrogen and oxygen atoms in total. The molecule has 1 aromatic carbocycles. The summed E-state index contributed by atoms with van der Waals surface area (Å²) >= 11 is 5.96. The van der Waals surface area contributed by atoms with Crippen molar-refractivity contribution in [3.05, 3.63) is 47.7 Å². The van der Waals surface area contributed by atoms with E-state index in [2.05, 4.69) is 9.97 Å². The molecule has 0 unspecified atom stereocenters. The molecule has 2 heterocycles. The SMILES string of the molecule is Cn1c(-c2cccnc2)nc2cc(Cl)ccc21. The molecular formula is C13H10ClN3. The van der Waals surface area contributed by atoms with Crippen LogP contribution in [-0.4, -0.2) is 14.5 Å². The van der Waals surface area contributed by atoms with Crippen LogP contribution in [0.4, 0.5) is 0 Å². The van der Waals surface area contributed by atoms with Crippen LogP contribution in [0.3, 0.4) is 0 Å². The highest BCUT2D eigenvalue weighted by molar-refractivity contribution is 6.31. The first kappa shape index (κ1) is 10.3. The Morgan fingerprint density at radius 2 is 2.12 bits per heavy atom. The first-order chi connectivity index (χ1) is 8.25. The van der Waals surface area contributed by atoms with Crippen molar-refractivity contribution in [2.75, 3.05) is 0 Å². The van der Waals surface area contributed by atoms with Crippen LogP contribution in [-0.2, 0) is 7.05 Å². The van der Waals surface area contributed by atoms with Gasteiger partial charge in [-0.15, -0.1) is 0 Å². The summed E-state index contributed by atoms with van der Waals surface area (Å²) in [5, 5.41) is 0.702. The Morgan fingerprint density at radius 3 is 2.88 bits per heavy atom. The summed E-state index contributed by atoms with van der Waals surface area (Å²) < 4.78 is 2.04. The van der Waals surface area contributed by atoms with E-state index < -0.39 is 0 Å². The van der Waals surface area contributed by atoms with Crippen LogP contribution in [0.2, 0.25) is 5.02 Å². The first-order valence-corrected chi connectivity index (χ1v) is 5.66. The van der Waals surface area contributed by atoms with Gasteiger partial charge in [-0.3, -0.25) is 4.98 Å². The highest BCUT2D eigenvalue weighted by atomic mass is 35.5. The Morgan fingerprint density at radius 1 is 1.24 bits per heavy atom. The summed E-state index contributed by atoms with van der Waals surface area (Å²) in [7, 11) is 1.99. The number of halogens is 1. The van der Waals surface area contributed by atoms with Gasteiger partial charge in [-0.2, -0.15) is 0 Å². The number of fused-ring (bicyclic) bond motifs is 1. The molecule has 0 amide bonds. The van der Waals surface area contributed by atoms with Gasteiger partial charge in [0.15, 0.2) is 0 Å². The second-order valence-corrected chi connectivity index (χ2v) is 4.31. The van der Waals surface area contributed by atoms with Crippen molar-refractivity contribution >= 4 is 22.6 Å². The molecule has 0 spiro atoms. The quantitative estimate of drug-likeness (QED) is 0.657. The fourth-order valence-corrected chi connectivity index (χ4v) is 2.09. The lowest BCUT2D eigenvalue weighted by Crippen LogP contribution is -1.92. The lowest BCUT2D eigenvalue weighted by atomic mass is 10.3. The monoisotopic (exact) mass is 243 g/mol. The topological polar surface area (TPSA) is 30.7 Å². The summed E-state index contributed by atoms with van der Waals surface area (Å²) in [6.45, 7) is 0. The van der Waals surface area contributed by atoms with Crippen LogP contribution in [0.25, 0.3) is 22.4 Å². The fourth-order valence-electron chi connectivity index (χ4n) is 1.93. The Bertz CT molecular complexity index is 674. The van der Waals surface area contributed by atoms with Crippen LogP contribution in [0.5, 0.6) is 0 Å². The molecule has 0 N–H and O–H groups in total. The standard InChI is InChI=1S/C13H10ClN3/c1-17-12-5-4-10(14)7-11(12)16-13(17)9-3-2-6-15-8-9/h2-8H,1H3. The van der Waals surface area contributed by atoms with Gasteiger partial charge < -0.3 is 4.57 Å². The molecule has 0 bridgehead atoms. The fraction of sp³-hybridized carbons (Fsp3) is 0.0769. The molecule has 0 aliphatic rings. The average Bonchev–Trinajstić information content (AvgIpc) is 2.67. The molecule has 3 aromatic rings. The van der Waals surface area contributed by atoms with E-state index in [1.165, 1.54) is 0 Å². The number of pyridine rings is 1. The normalized spacial score (nSPS) is 10.9. The minimum atomic E-state index is 0.702. The van der Waals surface area contributed by atoms with Crippen LogP contribution in [0.1, 0.15) is 0 Å². The van der Waals surface area contributed by atoms with Crippen LogP contribution >= 0.6 is 11.6 Å². The largest absolute Gasteiger partial charge is 0.327 e. The number of aromatic nitrogens is 3. The third-order valence-electron chi connectivity index (χ3n) is 2.76. The van der Waals surface area contributed by atoms with Crippen LogP contribution in [0, 0.1) is 0 Å². The van der Waals surface area contributed by atoms with Gasteiger partial charge in [-0.25, -0.2) is 4.98 Å². The van der Waals surface area contributed by atoms with E-state index in [0.29, 0.717) is 5.02 Å². The zero-order valence-corrected chi connectivity index (χ0v) is 10.0. The predicted molar refractivity (Wildman–Crippen MR) is 69.0 cm³/mol. The smallest absolute Gasteiger partial charge is 0.142 e. The van der Waals surface area contributed by atoms with Crippen molar-refractivity contribution in [2.24, 2.45) is 7.05 Å². The van der Waals surface area contributed by atoms with E-state index in [1.807, 2.05) is 48.1 Å². The second-order valence-electron chi connectivity index (χ2n) is 3.87. The number of nitrogens with zero attached hydrogens (tertiary/aromatic N) is 3. The van der Waals surface area contributed by atoms with Crippen LogP contribution in [0.15, 0.2) is 42.7 Å². The van der Waals surface area contributed by atoms with Gasteiger partial charge >= 0.3 is 0 Å². The summed E-state index contributed by atoms with van der Waals surface area (Å²) in [5.74, 6) is 0.898. The molecule has 0 aliphatic carbocycles. The molecule has 2 aromatic heterocycles. The van der Waals surface area contributed by atoms with Crippen molar-refractivity contribution in [3.63, 3.8) is 0 Å². The predicted octanol–water partition coefficient (Wildman–Crippen LogP) is 3.29. The van der Waals surface area contributed by atoms with Gasteiger partial charge in [0.2, 0.25) is 0 Å². The summed E-state index contributed by atoms with van der Waals surface area (Å²) in [4.78, 5) is 8.69. The molecule has 0 fully saturated rings. The first-order valence-electron chi connectivity index (χ1n) is 5.28. The van der Waals surface area contributed by atoms with Gasteiger partial charge in [0.25, 0.3) is 0 Å². The summed E-state index contributed by atoms with van der Waals surface area (Å²) in [6, 6.07) is 9.62. The number of rotatable bonds is 1. The van der Waals surface area contributed by atoms with Gasteiger partial charge in [0, 0.05) is 30.0 Å². The molecule has 4 heteroatoms. The maximum Gasteiger partial charge on any atom is 0.142 e. The molecular weight excluding hydrogens is 234 g/mol. The van der Waals surface area contributed by atoms with E-state index in [0.717, 1.165) is 22.4 Å². The highest BCUT2D eigenvalue weighted by Crippen LogP contribution is 2.24. The van der Waals surface area contributed by atoms with Crippen molar-refractivity contribution in [2.45, 2.75) is 0 Å². The van der Waals surface area contributed by atoms with E-state index in [9.17, 15) is 0 Å². The van der Waals surface area contributed by atoms with Crippen LogP contribution < -0.4 is 0 Å². The molecule has 3 rings (SSSR count). The number of benzene rings is 1. The third-order valence-corrected chi connectivity index (χ3v) is 3.00. The van der Waals surface area contributed by atoms with Crippen molar-refractivity contribution in [3.8, 4) is 11.4 Å². The molecule has 17 heavy (non-hydrogen) atoms. The average molecular weight is 244 g/mol. The van der Waals surface area contributed by atoms with Crippen molar-refractivity contribution < 1.29 is 0 Å². The third kappa shape index (κ3) is 1.68. The number of imidazole rings is 1. The Labute approximate surface area is 104 Å². The second kappa shape index (κ2) is 3.86. The van der Waals surface area contributed by atoms with E-state index >= 15 is 0 Å².